The zero-order valence-electron chi connectivity index (χ0n) is 28.4. The predicted molar refractivity (Wildman–Crippen MR) is 216 cm³/mol. The lowest BCUT2D eigenvalue weighted by atomic mass is 9.81. The predicted octanol–water partition coefficient (Wildman–Crippen LogP) is 13.0. The Kier molecular flexibility index (Phi) is 5.76. The quantitative estimate of drug-likeness (QED) is 0.174. The highest BCUT2D eigenvalue weighted by atomic mass is 14.8. The second-order valence-corrected chi connectivity index (χ2v) is 14.5. The van der Waals surface area contributed by atoms with Gasteiger partial charge in [0.1, 0.15) is 0 Å². The van der Waals surface area contributed by atoms with Gasteiger partial charge < -0.3 is 0 Å². The summed E-state index contributed by atoms with van der Waals surface area (Å²) in [5.41, 5.74) is 11.6. The summed E-state index contributed by atoms with van der Waals surface area (Å²) in [6.07, 6.45) is 1.87. The molecule has 2 nitrogen and oxygen atoms in total. The molecule has 10 aromatic rings. The Morgan fingerprint density at radius 2 is 0.902 bits per heavy atom. The van der Waals surface area contributed by atoms with Crippen molar-refractivity contribution in [1.82, 2.24) is 9.97 Å². The van der Waals surface area contributed by atoms with E-state index in [1.54, 1.807) is 0 Å². The zero-order valence-corrected chi connectivity index (χ0v) is 28.4. The molecule has 0 atom stereocenters. The molecule has 2 aromatic heterocycles. The number of aromatic nitrogens is 2. The summed E-state index contributed by atoms with van der Waals surface area (Å²) >= 11 is 0. The average Bonchev–Trinajstić information content (AvgIpc) is 3.41. The molecule has 8 aromatic carbocycles. The standard InChI is InChI=1S/C49H32N2/c1-49(2)44-23-21-29(26-42(44)43-27-40-35-17-8-4-13-31(35)32-14-5-9-18-36(32)41(40)28-45(43)49)30-12-3-10-19-37(30)46-24-22-39-34-16-7-6-15-33(34)38-20-11-25-50-47(38)48(39)51-46/h3-28H,1-2H3. The van der Waals surface area contributed by atoms with E-state index in [0.717, 1.165) is 33.1 Å². The van der Waals surface area contributed by atoms with E-state index < -0.39 is 0 Å². The van der Waals surface area contributed by atoms with Crippen molar-refractivity contribution < 1.29 is 0 Å². The molecule has 0 radical (unpaired) electrons. The van der Waals surface area contributed by atoms with Crippen LogP contribution in [0.3, 0.4) is 0 Å². The van der Waals surface area contributed by atoms with Crippen LogP contribution in [0.5, 0.6) is 0 Å². The first-order valence-corrected chi connectivity index (χ1v) is 17.7. The van der Waals surface area contributed by atoms with Gasteiger partial charge in [-0.2, -0.15) is 0 Å². The van der Waals surface area contributed by atoms with Gasteiger partial charge in [-0.1, -0.05) is 129 Å². The van der Waals surface area contributed by atoms with E-state index in [0.29, 0.717) is 0 Å². The van der Waals surface area contributed by atoms with Crippen LogP contribution in [-0.4, -0.2) is 9.97 Å². The van der Waals surface area contributed by atoms with Crippen LogP contribution in [-0.2, 0) is 5.41 Å². The third-order valence-corrected chi connectivity index (χ3v) is 11.5. The summed E-state index contributed by atoms with van der Waals surface area (Å²) in [7, 11) is 0. The van der Waals surface area contributed by atoms with Gasteiger partial charge >= 0.3 is 0 Å². The largest absolute Gasteiger partial charge is 0.254 e. The van der Waals surface area contributed by atoms with Crippen molar-refractivity contribution in [3.05, 3.63) is 169 Å². The van der Waals surface area contributed by atoms with Crippen molar-refractivity contribution >= 4 is 64.9 Å². The Morgan fingerprint density at radius 1 is 0.373 bits per heavy atom. The van der Waals surface area contributed by atoms with Gasteiger partial charge in [0.25, 0.3) is 0 Å². The molecule has 0 N–H and O–H groups in total. The summed E-state index contributed by atoms with van der Waals surface area (Å²) in [6, 6.07) is 55.6. The lowest BCUT2D eigenvalue weighted by molar-refractivity contribution is 0.661. The Hall–Kier alpha value is -6.38. The summed E-state index contributed by atoms with van der Waals surface area (Å²) in [5, 5.41) is 12.5. The van der Waals surface area contributed by atoms with Crippen molar-refractivity contribution in [2.75, 3.05) is 0 Å². The minimum absolute atomic E-state index is 0.125. The summed E-state index contributed by atoms with van der Waals surface area (Å²) in [4.78, 5) is 10.2. The van der Waals surface area contributed by atoms with E-state index in [2.05, 4.69) is 159 Å². The highest BCUT2D eigenvalue weighted by Crippen LogP contribution is 2.52. The average molecular weight is 649 g/mol. The summed E-state index contributed by atoms with van der Waals surface area (Å²) < 4.78 is 0. The second-order valence-electron chi connectivity index (χ2n) is 14.5. The van der Waals surface area contributed by atoms with Crippen LogP contribution in [0.2, 0.25) is 0 Å². The molecule has 0 saturated carbocycles. The van der Waals surface area contributed by atoms with Crippen LogP contribution in [0.1, 0.15) is 25.0 Å². The normalized spacial score (nSPS) is 13.5. The molecule has 0 unspecified atom stereocenters. The molecule has 11 rings (SSSR count). The molecular weight excluding hydrogens is 617 g/mol. The molecule has 238 valence electrons. The van der Waals surface area contributed by atoms with Crippen LogP contribution in [0.15, 0.2) is 158 Å². The van der Waals surface area contributed by atoms with Crippen molar-refractivity contribution in [3.63, 3.8) is 0 Å². The van der Waals surface area contributed by atoms with Crippen LogP contribution < -0.4 is 0 Å². The third-order valence-electron chi connectivity index (χ3n) is 11.5. The Labute approximate surface area is 295 Å². The molecule has 51 heavy (non-hydrogen) atoms. The van der Waals surface area contributed by atoms with Crippen LogP contribution in [0.4, 0.5) is 0 Å². The number of hydrogen-bond donors (Lipinski definition) is 0. The fourth-order valence-electron chi connectivity index (χ4n) is 9.05. The molecule has 1 aliphatic rings. The lowest BCUT2D eigenvalue weighted by Crippen LogP contribution is -2.14. The second kappa shape index (κ2) is 10.3. The fraction of sp³-hybridized carbons (Fsp3) is 0.0612. The molecule has 2 heteroatoms. The number of pyridine rings is 2. The van der Waals surface area contributed by atoms with Crippen molar-refractivity contribution in [2.45, 2.75) is 19.3 Å². The Morgan fingerprint density at radius 3 is 1.59 bits per heavy atom. The lowest BCUT2D eigenvalue weighted by Gasteiger charge is -2.22. The molecule has 2 heterocycles. The monoisotopic (exact) mass is 648 g/mol. The maximum absolute atomic E-state index is 5.37. The van der Waals surface area contributed by atoms with Gasteiger partial charge in [0, 0.05) is 27.9 Å². The van der Waals surface area contributed by atoms with Crippen LogP contribution in [0, 0.1) is 0 Å². The number of nitrogens with zero attached hydrogens (tertiary/aromatic N) is 2. The Balaban J connectivity index is 1.12. The fourth-order valence-corrected chi connectivity index (χ4v) is 9.05. The van der Waals surface area contributed by atoms with Crippen molar-refractivity contribution in [1.29, 1.82) is 0 Å². The van der Waals surface area contributed by atoms with Gasteiger partial charge in [0.15, 0.2) is 0 Å². The maximum atomic E-state index is 5.37. The molecule has 0 fully saturated rings. The Bertz CT molecular complexity index is 3080. The minimum Gasteiger partial charge on any atom is -0.254 e. The van der Waals surface area contributed by atoms with E-state index in [4.69, 9.17) is 9.97 Å². The number of benzene rings is 8. The van der Waals surface area contributed by atoms with E-state index in [9.17, 15) is 0 Å². The molecule has 0 bridgehead atoms. The van der Waals surface area contributed by atoms with E-state index in [1.165, 1.54) is 76.5 Å². The van der Waals surface area contributed by atoms with E-state index in [-0.39, 0.29) is 5.41 Å². The van der Waals surface area contributed by atoms with E-state index in [1.807, 2.05) is 12.3 Å². The highest BCUT2D eigenvalue weighted by molar-refractivity contribution is 6.26. The smallest absolute Gasteiger partial charge is 0.0978 e. The van der Waals surface area contributed by atoms with Gasteiger partial charge in [-0.25, -0.2) is 4.98 Å². The number of hydrogen-bond acceptors (Lipinski definition) is 2. The first-order valence-electron chi connectivity index (χ1n) is 17.7. The molecule has 0 spiro atoms. The SMILES string of the molecule is CC1(C)c2ccc(-c3ccccc3-c3ccc4c5ccccc5c5cccnc5c4n3)cc2-c2cc3c4ccccc4c4ccccc4c3cc21. The number of fused-ring (bicyclic) bond motifs is 15. The van der Waals surface area contributed by atoms with Crippen LogP contribution >= 0.6 is 0 Å². The van der Waals surface area contributed by atoms with E-state index >= 15 is 0 Å². The first-order chi connectivity index (χ1) is 25.1. The van der Waals surface area contributed by atoms with Gasteiger partial charge in [-0.3, -0.25) is 4.98 Å². The van der Waals surface area contributed by atoms with Gasteiger partial charge in [0.05, 0.1) is 16.7 Å². The molecule has 0 amide bonds. The topological polar surface area (TPSA) is 25.8 Å². The third kappa shape index (κ3) is 3.93. The maximum Gasteiger partial charge on any atom is 0.0978 e. The highest BCUT2D eigenvalue weighted by Gasteiger charge is 2.36. The van der Waals surface area contributed by atoms with Crippen molar-refractivity contribution in [3.8, 4) is 33.5 Å². The number of rotatable bonds is 2. The van der Waals surface area contributed by atoms with Crippen molar-refractivity contribution in [2.24, 2.45) is 0 Å². The molecular formula is C49H32N2. The summed E-state index contributed by atoms with van der Waals surface area (Å²) in [6.45, 7) is 4.75. The zero-order chi connectivity index (χ0) is 33.8. The van der Waals surface area contributed by atoms with Gasteiger partial charge in [-0.05, 0) is 113 Å². The van der Waals surface area contributed by atoms with Gasteiger partial charge in [0.2, 0.25) is 0 Å². The molecule has 0 saturated heterocycles. The van der Waals surface area contributed by atoms with Gasteiger partial charge in [-0.15, -0.1) is 0 Å². The minimum atomic E-state index is -0.125. The first kappa shape index (κ1) is 28.5. The molecule has 0 aliphatic heterocycles. The van der Waals surface area contributed by atoms with Crippen LogP contribution in [0.25, 0.3) is 98.4 Å². The molecule has 1 aliphatic carbocycles. The summed E-state index contributed by atoms with van der Waals surface area (Å²) in [5.74, 6) is 0.